The maximum atomic E-state index is 4.41. The normalized spacial score (nSPS) is 11.2. The van der Waals surface area contributed by atoms with Crippen LogP contribution in [0.1, 0.15) is 31.0 Å². The van der Waals surface area contributed by atoms with Crippen LogP contribution in [0, 0.1) is 0 Å². The second kappa shape index (κ2) is 4.49. The van der Waals surface area contributed by atoms with Crippen LogP contribution in [0.5, 0.6) is 0 Å². The minimum Gasteiger partial charge on any atom is -0.281 e. The van der Waals surface area contributed by atoms with Crippen molar-refractivity contribution in [3.63, 3.8) is 0 Å². The zero-order valence-corrected chi connectivity index (χ0v) is 11.2. The molecule has 15 heavy (non-hydrogen) atoms. The molecule has 0 saturated heterocycles. The van der Waals surface area contributed by atoms with Crippen LogP contribution in [0.4, 0.5) is 0 Å². The molecule has 2 heterocycles. The highest BCUT2D eigenvalue weighted by molar-refractivity contribution is 9.08. The third kappa shape index (κ3) is 2.01. The molecule has 0 aliphatic heterocycles. The number of rotatable bonds is 3. The van der Waals surface area contributed by atoms with Crippen molar-refractivity contribution in [2.75, 3.05) is 0 Å². The van der Waals surface area contributed by atoms with E-state index in [1.807, 2.05) is 0 Å². The third-order valence-corrected chi connectivity index (χ3v) is 3.80. The highest BCUT2D eigenvalue weighted by atomic mass is 79.9. The minimum absolute atomic E-state index is 0.485. The van der Waals surface area contributed by atoms with Crippen LogP contribution in [0.3, 0.4) is 0 Å². The molecule has 0 amide bonds. The number of aromatic amines is 1. The summed E-state index contributed by atoms with van der Waals surface area (Å²) in [7, 11) is 0. The van der Waals surface area contributed by atoms with E-state index >= 15 is 0 Å². The molecule has 80 valence electrons. The average molecular weight is 285 g/mol. The largest absolute Gasteiger partial charge is 0.281 e. The Kier molecular flexibility index (Phi) is 3.26. The van der Waals surface area contributed by atoms with Crippen molar-refractivity contribution >= 4 is 27.3 Å². The molecule has 4 heteroatoms. The van der Waals surface area contributed by atoms with E-state index in [0.29, 0.717) is 5.92 Å². The number of halogens is 1. The van der Waals surface area contributed by atoms with E-state index in [1.54, 1.807) is 11.3 Å². The molecule has 0 bridgehead atoms. The summed E-state index contributed by atoms with van der Waals surface area (Å²) in [5, 5.41) is 10.5. The van der Waals surface area contributed by atoms with Gasteiger partial charge in [-0.05, 0) is 17.4 Å². The fourth-order valence-electron chi connectivity index (χ4n) is 1.61. The molecule has 0 saturated carbocycles. The first-order valence-electron chi connectivity index (χ1n) is 4.91. The lowest BCUT2D eigenvalue weighted by atomic mass is 10.0. The van der Waals surface area contributed by atoms with Gasteiger partial charge in [0.05, 0.1) is 4.88 Å². The number of nitrogens with one attached hydrogen (secondary N) is 1. The maximum Gasteiger partial charge on any atom is 0.106 e. The van der Waals surface area contributed by atoms with Gasteiger partial charge in [0.2, 0.25) is 0 Å². The summed E-state index contributed by atoms with van der Waals surface area (Å²) in [5.74, 6) is 0.485. The fraction of sp³-hybridized carbons (Fsp3) is 0.364. The van der Waals surface area contributed by atoms with E-state index in [9.17, 15) is 0 Å². The molecular weight excluding hydrogens is 272 g/mol. The van der Waals surface area contributed by atoms with Gasteiger partial charge in [0, 0.05) is 16.6 Å². The van der Waals surface area contributed by atoms with Crippen LogP contribution in [0.15, 0.2) is 17.5 Å². The molecular formula is C11H13BrN2S. The van der Waals surface area contributed by atoms with Gasteiger partial charge < -0.3 is 0 Å². The molecule has 0 radical (unpaired) electrons. The van der Waals surface area contributed by atoms with Gasteiger partial charge in [-0.2, -0.15) is 5.10 Å². The second-order valence-corrected chi connectivity index (χ2v) is 5.24. The molecule has 0 unspecified atom stereocenters. The predicted molar refractivity (Wildman–Crippen MR) is 68.6 cm³/mol. The quantitative estimate of drug-likeness (QED) is 0.843. The van der Waals surface area contributed by atoms with Crippen LogP contribution in [-0.4, -0.2) is 10.2 Å². The Morgan fingerprint density at radius 2 is 2.33 bits per heavy atom. The molecule has 0 aliphatic rings. The summed E-state index contributed by atoms with van der Waals surface area (Å²) >= 11 is 5.26. The molecule has 2 rings (SSSR count). The molecule has 0 aliphatic carbocycles. The lowest BCUT2D eigenvalue weighted by Crippen LogP contribution is -1.92. The first-order valence-corrected chi connectivity index (χ1v) is 6.91. The van der Waals surface area contributed by atoms with E-state index in [2.05, 4.69) is 57.5 Å². The van der Waals surface area contributed by atoms with Crippen molar-refractivity contribution in [1.29, 1.82) is 0 Å². The van der Waals surface area contributed by atoms with Crippen molar-refractivity contribution in [3.8, 4) is 10.6 Å². The monoisotopic (exact) mass is 284 g/mol. The molecule has 0 spiro atoms. The summed E-state index contributed by atoms with van der Waals surface area (Å²) in [5.41, 5.74) is 3.60. The average Bonchev–Trinajstić information content (AvgIpc) is 2.85. The summed E-state index contributed by atoms with van der Waals surface area (Å²) in [4.78, 5) is 1.23. The van der Waals surface area contributed by atoms with Crippen molar-refractivity contribution < 1.29 is 0 Å². The third-order valence-electron chi connectivity index (χ3n) is 2.36. The zero-order valence-electron chi connectivity index (χ0n) is 8.75. The molecule has 1 N–H and O–H groups in total. The first kappa shape index (κ1) is 10.9. The maximum absolute atomic E-state index is 4.41. The van der Waals surface area contributed by atoms with Crippen molar-refractivity contribution in [1.82, 2.24) is 10.2 Å². The SMILES string of the molecule is CC(C)c1[nH]nc(-c2cccs2)c1CBr. The zero-order chi connectivity index (χ0) is 10.8. The van der Waals surface area contributed by atoms with Crippen molar-refractivity contribution in [2.45, 2.75) is 25.1 Å². The number of hydrogen-bond donors (Lipinski definition) is 1. The Morgan fingerprint density at radius 1 is 1.53 bits per heavy atom. The van der Waals surface area contributed by atoms with Crippen LogP contribution >= 0.6 is 27.3 Å². The smallest absolute Gasteiger partial charge is 0.106 e. The van der Waals surface area contributed by atoms with Crippen LogP contribution in [0.25, 0.3) is 10.6 Å². The molecule has 0 fully saturated rings. The van der Waals surface area contributed by atoms with Gasteiger partial charge in [-0.3, -0.25) is 5.10 Å². The standard InChI is InChI=1S/C11H13BrN2S/c1-7(2)10-8(6-12)11(14-13-10)9-4-3-5-15-9/h3-5,7H,6H2,1-2H3,(H,13,14). The first-order chi connectivity index (χ1) is 7.24. The van der Waals surface area contributed by atoms with Crippen LogP contribution in [0.2, 0.25) is 0 Å². The van der Waals surface area contributed by atoms with E-state index in [4.69, 9.17) is 0 Å². The fourth-order valence-corrected chi connectivity index (χ4v) is 2.92. The number of thiophene rings is 1. The van der Waals surface area contributed by atoms with E-state index < -0.39 is 0 Å². The Morgan fingerprint density at radius 3 is 2.87 bits per heavy atom. The van der Waals surface area contributed by atoms with Crippen LogP contribution < -0.4 is 0 Å². The lowest BCUT2D eigenvalue weighted by Gasteiger charge is -2.04. The lowest BCUT2D eigenvalue weighted by molar-refractivity contribution is 0.803. The number of aromatic nitrogens is 2. The van der Waals surface area contributed by atoms with Gasteiger partial charge in [-0.1, -0.05) is 35.8 Å². The summed E-state index contributed by atoms with van der Waals surface area (Å²) in [6, 6.07) is 4.17. The number of nitrogens with zero attached hydrogens (tertiary/aromatic N) is 1. The van der Waals surface area contributed by atoms with E-state index in [0.717, 1.165) is 11.0 Å². The van der Waals surface area contributed by atoms with Crippen LogP contribution in [-0.2, 0) is 5.33 Å². The van der Waals surface area contributed by atoms with Gasteiger partial charge in [0.15, 0.2) is 0 Å². The molecule has 2 aromatic rings. The van der Waals surface area contributed by atoms with Gasteiger partial charge in [0.25, 0.3) is 0 Å². The summed E-state index contributed by atoms with van der Waals surface area (Å²) in [6.45, 7) is 4.36. The van der Waals surface area contributed by atoms with E-state index in [-0.39, 0.29) is 0 Å². The number of hydrogen-bond acceptors (Lipinski definition) is 2. The van der Waals surface area contributed by atoms with Gasteiger partial charge in [-0.15, -0.1) is 11.3 Å². The molecule has 2 aromatic heterocycles. The second-order valence-electron chi connectivity index (χ2n) is 3.73. The number of alkyl halides is 1. The Labute approximate surface area is 102 Å². The highest BCUT2D eigenvalue weighted by Crippen LogP contribution is 2.31. The topological polar surface area (TPSA) is 28.7 Å². The number of H-pyrrole nitrogens is 1. The van der Waals surface area contributed by atoms with Crippen molar-refractivity contribution in [3.05, 3.63) is 28.8 Å². The van der Waals surface area contributed by atoms with Gasteiger partial charge in [0.1, 0.15) is 5.69 Å². The van der Waals surface area contributed by atoms with E-state index in [1.165, 1.54) is 16.1 Å². The highest BCUT2D eigenvalue weighted by Gasteiger charge is 2.16. The van der Waals surface area contributed by atoms with Crippen molar-refractivity contribution in [2.24, 2.45) is 0 Å². The Balaban J connectivity index is 2.49. The molecule has 0 aromatic carbocycles. The summed E-state index contributed by atoms with van der Waals surface area (Å²) < 4.78 is 0. The van der Waals surface area contributed by atoms with Gasteiger partial charge in [-0.25, -0.2) is 0 Å². The minimum atomic E-state index is 0.485. The Bertz CT molecular complexity index is 431. The molecule has 0 atom stereocenters. The van der Waals surface area contributed by atoms with Gasteiger partial charge >= 0.3 is 0 Å². The predicted octanol–water partition coefficient (Wildman–Crippen LogP) is 4.16. The Hall–Kier alpha value is -0.610. The molecule has 2 nitrogen and oxygen atoms in total. The summed E-state index contributed by atoms with van der Waals surface area (Å²) in [6.07, 6.45) is 0.